The summed E-state index contributed by atoms with van der Waals surface area (Å²) < 4.78 is 5.11. The van der Waals surface area contributed by atoms with Crippen LogP contribution in [0.5, 0.6) is 0 Å². The van der Waals surface area contributed by atoms with E-state index in [2.05, 4.69) is 19.6 Å². The van der Waals surface area contributed by atoms with Crippen LogP contribution in [0.3, 0.4) is 0 Å². The third-order valence-electron chi connectivity index (χ3n) is 1.09. The third kappa shape index (κ3) is 7.32. The molecule has 0 aliphatic heterocycles. The Bertz CT molecular complexity index is 110. The molecule has 58 valence electrons. The number of ether oxygens (including phenoxy) is 1. The van der Waals surface area contributed by atoms with Crippen molar-refractivity contribution in [2.75, 3.05) is 6.61 Å². The highest BCUT2D eigenvalue weighted by Gasteiger charge is 1.77. The summed E-state index contributed by atoms with van der Waals surface area (Å²) in [5.74, 6) is 0. The molecule has 0 saturated carbocycles. The van der Waals surface area contributed by atoms with Gasteiger partial charge in [-0.15, -0.1) is 0 Å². The van der Waals surface area contributed by atoms with Gasteiger partial charge in [0.15, 0.2) is 0 Å². The van der Waals surface area contributed by atoms with Gasteiger partial charge in [-0.1, -0.05) is 26.0 Å². The average Bonchev–Trinajstić information content (AvgIpc) is 1.97. The minimum absolute atomic E-state index is 0.820. The zero-order chi connectivity index (χ0) is 7.66. The molecule has 0 radical (unpaired) electrons. The Balaban J connectivity index is 3.10. The van der Waals surface area contributed by atoms with E-state index >= 15 is 0 Å². The van der Waals surface area contributed by atoms with E-state index < -0.39 is 0 Å². The van der Waals surface area contributed by atoms with Crippen molar-refractivity contribution < 1.29 is 4.74 Å². The van der Waals surface area contributed by atoms with Gasteiger partial charge in [0.25, 0.3) is 0 Å². The summed E-state index contributed by atoms with van der Waals surface area (Å²) in [6.07, 6.45) is 6.92. The Morgan fingerprint density at radius 1 is 1.40 bits per heavy atom. The molecule has 0 amide bonds. The van der Waals surface area contributed by atoms with E-state index in [9.17, 15) is 0 Å². The Kier molecular flexibility index (Phi) is 7.75. The molecule has 0 N–H and O–H groups in total. The molecule has 0 aromatic heterocycles. The van der Waals surface area contributed by atoms with Crippen molar-refractivity contribution in [2.24, 2.45) is 0 Å². The quantitative estimate of drug-likeness (QED) is 0.324. The van der Waals surface area contributed by atoms with Crippen LogP contribution in [0.15, 0.2) is 18.1 Å². The minimum atomic E-state index is 0.820. The first-order valence-electron chi connectivity index (χ1n) is 3.92. The van der Waals surface area contributed by atoms with Crippen molar-refractivity contribution in [2.45, 2.75) is 33.1 Å². The average molecular weight is 140 g/mol. The van der Waals surface area contributed by atoms with Gasteiger partial charge >= 0.3 is 0 Å². The maximum Gasteiger partial charge on any atom is 0.125 e. The number of unbranched alkanes of at least 4 members (excludes halogenated alkanes) is 1. The molecule has 1 nitrogen and oxygen atoms in total. The maximum atomic E-state index is 5.11. The molecule has 10 heavy (non-hydrogen) atoms. The van der Waals surface area contributed by atoms with E-state index in [-0.39, 0.29) is 0 Å². The summed E-state index contributed by atoms with van der Waals surface area (Å²) in [7, 11) is 0. The van der Waals surface area contributed by atoms with Crippen LogP contribution in [0.25, 0.3) is 0 Å². The largest absolute Gasteiger partial charge is 0.493 e. The van der Waals surface area contributed by atoms with E-state index in [0.29, 0.717) is 0 Å². The van der Waals surface area contributed by atoms with Crippen LogP contribution in [0.2, 0.25) is 0 Å². The normalized spacial score (nSPS) is 8.20. The van der Waals surface area contributed by atoms with E-state index in [4.69, 9.17) is 4.74 Å². The van der Waals surface area contributed by atoms with Crippen molar-refractivity contribution in [3.8, 4) is 0 Å². The summed E-state index contributed by atoms with van der Waals surface area (Å²) in [5.41, 5.74) is 2.92. The summed E-state index contributed by atoms with van der Waals surface area (Å²) >= 11 is 0. The highest BCUT2D eigenvalue weighted by Crippen LogP contribution is 1.87. The number of allylic oxidation sites excluding steroid dienone is 1. The van der Waals surface area contributed by atoms with Crippen LogP contribution in [-0.4, -0.2) is 6.61 Å². The first-order valence-corrected chi connectivity index (χ1v) is 3.92. The molecule has 0 saturated heterocycles. The van der Waals surface area contributed by atoms with Crippen molar-refractivity contribution >= 4 is 0 Å². The zero-order valence-electron chi connectivity index (χ0n) is 6.89. The van der Waals surface area contributed by atoms with E-state index in [1.165, 1.54) is 6.42 Å². The molecule has 0 aliphatic rings. The van der Waals surface area contributed by atoms with Gasteiger partial charge in [-0.2, -0.15) is 0 Å². The first kappa shape index (κ1) is 9.32. The molecule has 0 spiro atoms. The molecule has 0 atom stereocenters. The molecular weight excluding hydrogens is 124 g/mol. The Labute approximate surface area is 63.4 Å². The second-order valence-corrected chi connectivity index (χ2v) is 2.12. The highest BCUT2D eigenvalue weighted by molar-refractivity contribution is 4.77. The van der Waals surface area contributed by atoms with E-state index in [1.54, 1.807) is 6.26 Å². The van der Waals surface area contributed by atoms with Gasteiger partial charge < -0.3 is 4.74 Å². The smallest absolute Gasteiger partial charge is 0.125 e. The third-order valence-corrected chi connectivity index (χ3v) is 1.09. The zero-order valence-corrected chi connectivity index (χ0v) is 6.89. The molecule has 0 rings (SSSR count). The standard InChI is InChI=1S/C9H16O/c1-3-5-7-9-10-8-6-4-2/h5,9H,3-4,6,8H2,1-2H3. The molecule has 0 bridgehead atoms. The first-order chi connectivity index (χ1) is 4.91. The molecule has 0 fully saturated rings. The molecule has 0 aromatic carbocycles. The molecule has 0 aliphatic carbocycles. The predicted molar refractivity (Wildman–Crippen MR) is 43.8 cm³/mol. The fourth-order valence-electron chi connectivity index (χ4n) is 0.501. The van der Waals surface area contributed by atoms with Gasteiger partial charge in [0.2, 0.25) is 0 Å². The molecule has 0 unspecified atom stereocenters. The SMILES string of the molecule is CCC=C=COCCCC. The van der Waals surface area contributed by atoms with Gasteiger partial charge in [-0.05, 0) is 18.9 Å². The van der Waals surface area contributed by atoms with Crippen LogP contribution in [0.4, 0.5) is 0 Å². The van der Waals surface area contributed by atoms with Gasteiger partial charge in [-0.25, -0.2) is 0 Å². The lowest BCUT2D eigenvalue weighted by Gasteiger charge is -1.93. The van der Waals surface area contributed by atoms with Crippen LogP contribution in [-0.2, 0) is 4.74 Å². The monoisotopic (exact) mass is 140 g/mol. The number of hydrogen-bond donors (Lipinski definition) is 0. The summed E-state index contributed by atoms with van der Waals surface area (Å²) in [5, 5.41) is 0. The summed E-state index contributed by atoms with van der Waals surface area (Å²) in [4.78, 5) is 0. The minimum Gasteiger partial charge on any atom is -0.493 e. The van der Waals surface area contributed by atoms with Crippen LogP contribution in [0.1, 0.15) is 33.1 Å². The highest BCUT2D eigenvalue weighted by atomic mass is 16.5. The van der Waals surface area contributed by atoms with E-state index in [1.807, 2.05) is 6.08 Å². The van der Waals surface area contributed by atoms with Crippen molar-refractivity contribution in [3.05, 3.63) is 18.1 Å². The van der Waals surface area contributed by atoms with Crippen LogP contribution >= 0.6 is 0 Å². The lowest BCUT2D eigenvalue weighted by molar-refractivity contribution is 0.244. The predicted octanol–water partition coefficient (Wildman–Crippen LogP) is 2.88. The fraction of sp³-hybridized carbons (Fsp3) is 0.667. The second-order valence-electron chi connectivity index (χ2n) is 2.12. The van der Waals surface area contributed by atoms with Gasteiger partial charge in [-0.3, -0.25) is 0 Å². The number of rotatable bonds is 5. The fourth-order valence-corrected chi connectivity index (χ4v) is 0.501. The Morgan fingerprint density at radius 3 is 2.80 bits per heavy atom. The Morgan fingerprint density at radius 2 is 2.20 bits per heavy atom. The lowest BCUT2D eigenvalue weighted by atomic mass is 10.4. The van der Waals surface area contributed by atoms with Crippen LogP contribution in [0, 0.1) is 0 Å². The Hall–Kier alpha value is -0.680. The topological polar surface area (TPSA) is 9.23 Å². The number of hydrogen-bond acceptors (Lipinski definition) is 1. The van der Waals surface area contributed by atoms with Crippen molar-refractivity contribution in [3.63, 3.8) is 0 Å². The maximum absolute atomic E-state index is 5.11. The molecule has 1 heteroatoms. The molecule has 0 heterocycles. The van der Waals surface area contributed by atoms with Gasteiger partial charge in [0.05, 0.1) is 6.61 Å². The van der Waals surface area contributed by atoms with E-state index in [0.717, 1.165) is 19.4 Å². The summed E-state index contributed by atoms with van der Waals surface area (Å²) in [6.45, 7) is 5.04. The van der Waals surface area contributed by atoms with Crippen molar-refractivity contribution in [1.82, 2.24) is 0 Å². The van der Waals surface area contributed by atoms with Gasteiger partial charge in [0.1, 0.15) is 6.26 Å². The second kappa shape index (κ2) is 8.32. The van der Waals surface area contributed by atoms with Crippen molar-refractivity contribution in [1.29, 1.82) is 0 Å². The van der Waals surface area contributed by atoms with Crippen LogP contribution < -0.4 is 0 Å². The molecule has 0 aromatic rings. The summed E-state index contributed by atoms with van der Waals surface area (Å²) in [6, 6.07) is 0. The lowest BCUT2D eigenvalue weighted by Crippen LogP contribution is -1.83. The molecular formula is C9H16O. The van der Waals surface area contributed by atoms with Gasteiger partial charge in [0, 0.05) is 0 Å².